The van der Waals surface area contributed by atoms with Gasteiger partial charge in [-0.1, -0.05) is 35.9 Å². The van der Waals surface area contributed by atoms with E-state index in [1.165, 1.54) is 0 Å². The molecule has 0 saturated carbocycles. The van der Waals surface area contributed by atoms with E-state index in [0.29, 0.717) is 11.6 Å². The first-order valence-electron chi connectivity index (χ1n) is 5.88. The fourth-order valence-electron chi connectivity index (χ4n) is 2.31. The monoisotopic (exact) mass is 257 g/mol. The zero-order valence-corrected chi connectivity index (χ0v) is 10.4. The van der Waals surface area contributed by atoms with Gasteiger partial charge in [0.15, 0.2) is 5.78 Å². The molecule has 2 nitrogen and oxygen atoms in total. The molecule has 1 aliphatic rings. The number of fused-ring (bicyclic) bond motifs is 1. The normalized spacial score (nSPS) is 18.1. The van der Waals surface area contributed by atoms with Crippen molar-refractivity contribution in [3.05, 3.63) is 64.7 Å². The van der Waals surface area contributed by atoms with Crippen molar-refractivity contribution in [2.75, 3.05) is 11.9 Å². The highest BCUT2D eigenvalue weighted by atomic mass is 35.5. The number of Topliss-reactive ketones (excluding diaryl/α,β-unsaturated/α-hetero) is 1. The summed E-state index contributed by atoms with van der Waals surface area (Å²) in [7, 11) is 0. The first kappa shape index (κ1) is 11.3. The van der Waals surface area contributed by atoms with E-state index in [1.54, 1.807) is 0 Å². The summed E-state index contributed by atoms with van der Waals surface area (Å²) in [6.45, 7) is 0.636. The summed E-state index contributed by atoms with van der Waals surface area (Å²) in [4.78, 5) is 12.4. The second kappa shape index (κ2) is 4.46. The number of hydrogen-bond donors (Lipinski definition) is 1. The van der Waals surface area contributed by atoms with E-state index in [1.807, 2.05) is 48.5 Å². The molecule has 3 heteroatoms. The van der Waals surface area contributed by atoms with Crippen molar-refractivity contribution in [1.29, 1.82) is 0 Å². The second-order valence-corrected chi connectivity index (χ2v) is 4.83. The van der Waals surface area contributed by atoms with Gasteiger partial charge in [0.1, 0.15) is 0 Å². The van der Waals surface area contributed by atoms with Crippen molar-refractivity contribution in [2.24, 2.45) is 0 Å². The fraction of sp³-hybridized carbons (Fsp3) is 0.133. The first-order valence-corrected chi connectivity index (χ1v) is 6.26. The van der Waals surface area contributed by atoms with E-state index in [4.69, 9.17) is 11.6 Å². The Hall–Kier alpha value is -1.80. The molecular weight excluding hydrogens is 246 g/mol. The van der Waals surface area contributed by atoms with Gasteiger partial charge in [-0.15, -0.1) is 0 Å². The fourth-order valence-corrected chi connectivity index (χ4v) is 2.43. The van der Waals surface area contributed by atoms with Crippen molar-refractivity contribution in [3.8, 4) is 0 Å². The van der Waals surface area contributed by atoms with Gasteiger partial charge in [0.2, 0.25) is 0 Å². The van der Waals surface area contributed by atoms with Crippen molar-refractivity contribution in [2.45, 2.75) is 5.92 Å². The Morgan fingerprint density at radius 3 is 2.56 bits per heavy atom. The van der Waals surface area contributed by atoms with E-state index in [0.717, 1.165) is 16.8 Å². The lowest BCUT2D eigenvalue weighted by Crippen LogP contribution is -2.27. The number of para-hydroxylation sites is 1. The van der Waals surface area contributed by atoms with E-state index in [9.17, 15) is 4.79 Å². The maximum absolute atomic E-state index is 12.4. The lowest BCUT2D eigenvalue weighted by atomic mass is 9.87. The van der Waals surface area contributed by atoms with Gasteiger partial charge in [0, 0.05) is 22.8 Å². The summed E-state index contributed by atoms with van der Waals surface area (Å²) in [5, 5.41) is 3.99. The number of halogens is 1. The Morgan fingerprint density at radius 2 is 1.78 bits per heavy atom. The third-order valence-electron chi connectivity index (χ3n) is 3.28. The van der Waals surface area contributed by atoms with Crippen LogP contribution in [0.3, 0.4) is 0 Å². The number of ketones is 1. The molecule has 1 atom stereocenters. The Morgan fingerprint density at radius 1 is 1.06 bits per heavy atom. The van der Waals surface area contributed by atoms with Crippen LogP contribution in [-0.4, -0.2) is 12.3 Å². The quantitative estimate of drug-likeness (QED) is 0.843. The molecule has 1 aliphatic heterocycles. The molecule has 18 heavy (non-hydrogen) atoms. The molecule has 0 fully saturated rings. The molecule has 0 radical (unpaired) electrons. The van der Waals surface area contributed by atoms with Crippen LogP contribution in [0.2, 0.25) is 5.02 Å². The highest BCUT2D eigenvalue weighted by Crippen LogP contribution is 2.30. The summed E-state index contributed by atoms with van der Waals surface area (Å²) < 4.78 is 0. The number of anilines is 1. The van der Waals surface area contributed by atoms with Crippen LogP contribution in [0.4, 0.5) is 5.69 Å². The van der Waals surface area contributed by atoms with E-state index >= 15 is 0 Å². The maximum Gasteiger partial charge on any atom is 0.174 e. The van der Waals surface area contributed by atoms with Crippen molar-refractivity contribution in [1.82, 2.24) is 0 Å². The van der Waals surface area contributed by atoms with Gasteiger partial charge >= 0.3 is 0 Å². The van der Waals surface area contributed by atoms with Crippen LogP contribution in [0.15, 0.2) is 48.5 Å². The Labute approximate surface area is 111 Å². The molecule has 0 bridgehead atoms. The number of hydrogen-bond acceptors (Lipinski definition) is 2. The van der Waals surface area contributed by atoms with E-state index in [2.05, 4.69) is 5.32 Å². The van der Waals surface area contributed by atoms with Crippen LogP contribution in [0.5, 0.6) is 0 Å². The zero-order chi connectivity index (χ0) is 12.5. The molecule has 90 valence electrons. The highest BCUT2D eigenvalue weighted by molar-refractivity contribution is 6.30. The van der Waals surface area contributed by atoms with Gasteiger partial charge in [-0.3, -0.25) is 4.79 Å². The van der Waals surface area contributed by atoms with Gasteiger partial charge in [0.25, 0.3) is 0 Å². The molecule has 1 heterocycles. The molecule has 0 spiro atoms. The molecule has 2 aromatic carbocycles. The predicted molar refractivity (Wildman–Crippen MR) is 73.5 cm³/mol. The summed E-state index contributed by atoms with van der Waals surface area (Å²) in [6, 6.07) is 15.1. The lowest BCUT2D eigenvalue weighted by molar-refractivity contribution is 0.0960. The standard InChI is InChI=1S/C15H12ClNO/c16-11-7-5-10(6-8-11)13-9-17-14-4-2-1-3-12(14)15(13)18/h1-8,13,17H,9H2. The van der Waals surface area contributed by atoms with Crippen LogP contribution < -0.4 is 5.32 Å². The van der Waals surface area contributed by atoms with Gasteiger partial charge in [0.05, 0.1) is 5.92 Å². The Balaban J connectivity index is 1.97. The molecular formula is C15H12ClNO. The number of carbonyl (C=O) groups excluding carboxylic acids is 1. The topological polar surface area (TPSA) is 29.1 Å². The summed E-state index contributed by atoms with van der Waals surface area (Å²) in [5.74, 6) is 0.0452. The second-order valence-electron chi connectivity index (χ2n) is 4.39. The van der Waals surface area contributed by atoms with Crippen LogP contribution in [0.25, 0.3) is 0 Å². The van der Waals surface area contributed by atoms with Gasteiger partial charge in [-0.2, -0.15) is 0 Å². The van der Waals surface area contributed by atoms with Gasteiger partial charge < -0.3 is 5.32 Å². The largest absolute Gasteiger partial charge is 0.383 e. The van der Waals surface area contributed by atoms with E-state index in [-0.39, 0.29) is 11.7 Å². The Bertz CT molecular complexity index is 592. The third kappa shape index (κ3) is 1.89. The first-order chi connectivity index (χ1) is 8.75. The Kier molecular flexibility index (Phi) is 2.80. The molecule has 1 N–H and O–H groups in total. The lowest BCUT2D eigenvalue weighted by Gasteiger charge is -2.25. The van der Waals surface area contributed by atoms with Gasteiger partial charge in [-0.25, -0.2) is 0 Å². The predicted octanol–water partition coefficient (Wildman–Crippen LogP) is 3.73. The number of benzene rings is 2. The molecule has 3 rings (SSSR count). The molecule has 0 aromatic heterocycles. The molecule has 2 aromatic rings. The van der Waals surface area contributed by atoms with Crippen molar-refractivity contribution < 1.29 is 4.79 Å². The average Bonchev–Trinajstić information content (AvgIpc) is 2.41. The van der Waals surface area contributed by atoms with Crippen LogP contribution in [0.1, 0.15) is 21.8 Å². The van der Waals surface area contributed by atoms with Gasteiger partial charge in [-0.05, 0) is 29.8 Å². The summed E-state index contributed by atoms with van der Waals surface area (Å²) >= 11 is 5.87. The molecule has 0 aliphatic carbocycles. The minimum Gasteiger partial charge on any atom is -0.383 e. The number of rotatable bonds is 1. The minimum atomic E-state index is -0.128. The van der Waals surface area contributed by atoms with Crippen LogP contribution in [0, 0.1) is 0 Å². The smallest absolute Gasteiger partial charge is 0.174 e. The average molecular weight is 258 g/mol. The molecule has 0 amide bonds. The molecule has 0 saturated heterocycles. The van der Waals surface area contributed by atoms with Crippen molar-refractivity contribution in [3.63, 3.8) is 0 Å². The summed E-state index contributed by atoms with van der Waals surface area (Å²) in [5.41, 5.74) is 2.70. The maximum atomic E-state index is 12.4. The number of carbonyl (C=O) groups is 1. The van der Waals surface area contributed by atoms with Crippen LogP contribution >= 0.6 is 11.6 Å². The highest BCUT2D eigenvalue weighted by Gasteiger charge is 2.27. The van der Waals surface area contributed by atoms with Crippen molar-refractivity contribution >= 4 is 23.1 Å². The minimum absolute atomic E-state index is 0.128. The summed E-state index contributed by atoms with van der Waals surface area (Å²) in [6.07, 6.45) is 0. The third-order valence-corrected chi connectivity index (χ3v) is 3.53. The number of nitrogens with one attached hydrogen (secondary N) is 1. The SMILES string of the molecule is O=C1c2ccccc2NCC1c1ccc(Cl)cc1. The zero-order valence-electron chi connectivity index (χ0n) is 9.69. The molecule has 1 unspecified atom stereocenters. The van der Waals surface area contributed by atoms with E-state index < -0.39 is 0 Å². The van der Waals surface area contributed by atoms with Crippen LogP contribution in [-0.2, 0) is 0 Å².